The first-order valence-electron chi connectivity index (χ1n) is 7.38. The second kappa shape index (κ2) is 7.08. The first-order chi connectivity index (χ1) is 11.4. The van der Waals surface area contributed by atoms with Crippen LogP contribution in [0.2, 0.25) is 5.02 Å². The molecule has 0 radical (unpaired) electrons. The number of halogens is 3. The summed E-state index contributed by atoms with van der Waals surface area (Å²) in [6, 6.07) is 4.43. The van der Waals surface area contributed by atoms with E-state index in [9.17, 15) is 8.78 Å². The normalized spacial score (nSPS) is 16.0. The van der Waals surface area contributed by atoms with E-state index in [0.717, 1.165) is 31.3 Å². The Morgan fingerprint density at radius 3 is 2.67 bits per heavy atom. The highest BCUT2D eigenvalue weighted by Crippen LogP contribution is 2.41. The Morgan fingerprint density at radius 2 is 2.00 bits per heavy atom. The van der Waals surface area contributed by atoms with Crippen LogP contribution in [0.15, 0.2) is 18.2 Å². The van der Waals surface area contributed by atoms with Gasteiger partial charge in [-0.25, -0.2) is 4.98 Å². The number of rotatable bonds is 4. The van der Waals surface area contributed by atoms with E-state index in [2.05, 4.69) is 26.6 Å². The molecule has 1 aliphatic rings. The molecule has 130 valence electrons. The number of hydrogen-bond donors (Lipinski definition) is 1. The molecule has 2 aromatic rings. The van der Waals surface area contributed by atoms with Gasteiger partial charge in [0.1, 0.15) is 16.4 Å². The third kappa shape index (κ3) is 3.71. The van der Waals surface area contributed by atoms with Crippen LogP contribution < -0.4 is 15.4 Å². The first-order valence-corrected chi connectivity index (χ1v) is 8.58. The minimum Gasteiger partial charge on any atom is -0.434 e. The van der Waals surface area contributed by atoms with Crippen molar-refractivity contribution in [1.82, 2.24) is 9.88 Å². The van der Waals surface area contributed by atoms with Gasteiger partial charge in [-0.3, -0.25) is 0 Å². The molecule has 0 spiro atoms. The maximum atomic E-state index is 12.6. The van der Waals surface area contributed by atoms with E-state index in [1.807, 2.05) is 0 Å². The number of benzene rings is 1. The van der Waals surface area contributed by atoms with Crippen LogP contribution >= 0.6 is 22.9 Å². The van der Waals surface area contributed by atoms with Crippen LogP contribution in [-0.4, -0.2) is 49.7 Å². The third-order valence-corrected chi connectivity index (χ3v) is 5.01. The number of ether oxygens (including phenoxy) is 1. The first kappa shape index (κ1) is 17.2. The van der Waals surface area contributed by atoms with Gasteiger partial charge in [0.05, 0.1) is 0 Å². The molecule has 1 aromatic heterocycles. The van der Waals surface area contributed by atoms with E-state index in [1.165, 1.54) is 23.5 Å². The standard InChI is InChI=1S/C15H17ClF2N4OS/c1-21-4-6-22(7-5-21)15-20-12(13(19)24-15)10-8-9(16)2-3-11(10)23-14(17)18/h2-3,8,14H,4-7,19H2,1H3. The second-order valence-corrected chi connectivity index (χ2v) is 6.96. The maximum absolute atomic E-state index is 12.6. The highest BCUT2D eigenvalue weighted by atomic mass is 35.5. The molecule has 5 nitrogen and oxygen atoms in total. The Kier molecular flexibility index (Phi) is 5.07. The Balaban J connectivity index is 1.94. The van der Waals surface area contributed by atoms with Crippen molar-refractivity contribution in [3.05, 3.63) is 23.2 Å². The molecule has 1 aliphatic heterocycles. The molecule has 1 fully saturated rings. The molecular formula is C15H17ClF2N4OS. The van der Waals surface area contributed by atoms with Crippen molar-refractivity contribution in [3.8, 4) is 17.0 Å². The zero-order chi connectivity index (χ0) is 17.3. The monoisotopic (exact) mass is 374 g/mol. The summed E-state index contributed by atoms with van der Waals surface area (Å²) in [7, 11) is 2.07. The van der Waals surface area contributed by atoms with Gasteiger partial charge < -0.3 is 20.3 Å². The van der Waals surface area contributed by atoms with Crippen molar-refractivity contribution in [2.24, 2.45) is 0 Å². The molecule has 24 heavy (non-hydrogen) atoms. The number of nitrogen functional groups attached to an aromatic ring is 1. The van der Waals surface area contributed by atoms with Gasteiger partial charge in [0, 0.05) is 36.8 Å². The fraction of sp³-hybridized carbons (Fsp3) is 0.400. The average Bonchev–Trinajstić information content (AvgIpc) is 2.91. The number of nitrogens with zero attached hydrogens (tertiary/aromatic N) is 3. The number of piperazine rings is 1. The molecule has 9 heteroatoms. The van der Waals surface area contributed by atoms with Crippen molar-refractivity contribution in [2.75, 3.05) is 43.9 Å². The van der Waals surface area contributed by atoms with Gasteiger partial charge in [-0.05, 0) is 25.2 Å². The highest BCUT2D eigenvalue weighted by Gasteiger charge is 2.22. The second-order valence-electron chi connectivity index (χ2n) is 5.52. The minimum absolute atomic E-state index is 0.0105. The van der Waals surface area contributed by atoms with E-state index in [-0.39, 0.29) is 5.75 Å². The van der Waals surface area contributed by atoms with Crippen LogP contribution in [0.5, 0.6) is 5.75 Å². The summed E-state index contributed by atoms with van der Waals surface area (Å²) in [4.78, 5) is 8.93. The zero-order valence-corrected chi connectivity index (χ0v) is 14.6. The molecule has 0 bridgehead atoms. The molecule has 0 saturated carbocycles. The zero-order valence-electron chi connectivity index (χ0n) is 13.0. The van der Waals surface area contributed by atoms with Crippen molar-refractivity contribution in [3.63, 3.8) is 0 Å². The summed E-state index contributed by atoms with van der Waals surface area (Å²) in [6.45, 7) is 0.636. The van der Waals surface area contributed by atoms with E-state index in [1.54, 1.807) is 6.07 Å². The van der Waals surface area contributed by atoms with Gasteiger partial charge in [0.25, 0.3) is 0 Å². The summed E-state index contributed by atoms with van der Waals surface area (Å²) in [5.41, 5.74) is 6.89. The number of aromatic nitrogens is 1. The molecule has 0 amide bonds. The van der Waals surface area contributed by atoms with Gasteiger partial charge in [-0.2, -0.15) is 8.78 Å². The van der Waals surface area contributed by atoms with Crippen LogP contribution in [-0.2, 0) is 0 Å². The fourth-order valence-electron chi connectivity index (χ4n) is 2.53. The molecule has 2 heterocycles. The third-order valence-electron chi connectivity index (χ3n) is 3.83. The topological polar surface area (TPSA) is 54.6 Å². The van der Waals surface area contributed by atoms with Crippen molar-refractivity contribution < 1.29 is 13.5 Å². The predicted octanol–water partition coefficient (Wildman–Crippen LogP) is 3.40. The lowest BCUT2D eigenvalue weighted by Gasteiger charge is -2.32. The lowest BCUT2D eigenvalue weighted by Crippen LogP contribution is -2.44. The van der Waals surface area contributed by atoms with Crippen LogP contribution in [0.4, 0.5) is 18.9 Å². The Hall–Kier alpha value is -1.64. The van der Waals surface area contributed by atoms with Crippen molar-refractivity contribution >= 4 is 33.1 Å². The molecule has 0 atom stereocenters. The summed E-state index contributed by atoms with van der Waals surface area (Å²) < 4.78 is 29.8. The summed E-state index contributed by atoms with van der Waals surface area (Å²) in [6.07, 6.45) is 0. The summed E-state index contributed by atoms with van der Waals surface area (Å²) >= 11 is 7.34. The van der Waals surface area contributed by atoms with Crippen LogP contribution in [0.1, 0.15) is 0 Å². The quantitative estimate of drug-likeness (QED) is 0.888. The molecule has 3 rings (SSSR count). The summed E-state index contributed by atoms with van der Waals surface area (Å²) in [5, 5.41) is 1.63. The number of nitrogens with two attached hydrogens (primary N) is 1. The Bertz CT molecular complexity index is 719. The number of alkyl halides is 2. The van der Waals surface area contributed by atoms with E-state index in [0.29, 0.717) is 21.3 Å². The number of anilines is 2. The molecule has 0 aliphatic carbocycles. The minimum atomic E-state index is -2.93. The van der Waals surface area contributed by atoms with Crippen LogP contribution in [0, 0.1) is 0 Å². The van der Waals surface area contributed by atoms with Crippen molar-refractivity contribution in [1.29, 1.82) is 0 Å². The Morgan fingerprint density at radius 1 is 1.29 bits per heavy atom. The number of hydrogen-bond acceptors (Lipinski definition) is 6. The highest BCUT2D eigenvalue weighted by molar-refractivity contribution is 7.19. The molecule has 0 unspecified atom stereocenters. The maximum Gasteiger partial charge on any atom is 0.387 e. The van der Waals surface area contributed by atoms with E-state index >= 15 is 0 Å². The largest absolute Gasteiger partial charge is 0.434 e. The number of likely N-dealkylation sites (N-methyl/N-ethyl adjacent to an activating group) is 1. The lowest BCUT2D eigenvalue weighted by atomic mass is 10.1. The van der Waals surface area contributed by atoms with Crippen molar-refractivity contribution in [2.45, 2.75) is 6.61 Å². The molecular weight excluding hydrogens is 358 g/mol. The van der Waals surface area contributed by atoms with E-state index < -0.39 is 6.61 Å². The lowest BCUT2D eigenvalue weighted by molar-refractivity contribution is -0.0494. The molecule has 1 saturated heterocycles. The smallest absolute Gasteiger partial charge is 0.387 e. The van der Waals surface area contributed by atoms with Crippen LogP contribution in [0.25, 0.3) is 11.3 Å². The van der Waals surface area contributed by atoms with Gasteiger partial charge in [0.15, 0.2) is 5.13 Å². The van der Waals surface area contributed by atoms with E-state index in [4.69, 9.17) is 17.3 Å². The van der Waals surface area contributed by atoms with Crippen LogP contribution in [0.3, 0.4) is 0 Å². The fourth-order valence-corrected chi connectivity index (χ4v) is 3.60. The molecule has 1 aromatic carbocycles. The van der Waals surface area contributed by atoms with Gasteiger partial charge >= 0.3 is 6.61 Å². The van der Waals surface area contributed by atoms with Gasteiger partial charge in [-0.1, -0.05) is 22.9 Å². The summed E-state index contributed by atoms with van der Waals surface area (Å²) in [5.74, 6) is 0.0105. The Labute approximate surface area is 147 Å². The van der Waals surface area contributed by atoms with Gasteiger partial charge in [0.2, 0.25) is 0 Å². The predicted molar refractivity (Wildman–Crippen MR) is 93.3 cm³/mol. The SMILES string of the molecule is CN1CCN(c2nc(-c3cc(Cl)ccc3OC(F)F)c(N)s2)CC1. The molecule has 2 N–H and O–H groups in total. The van der Waals surface area contributed by atoms with Gasteiger partial charge in [-0.15, -0.1) is 0 Å². The average molecular weight is 375 g/mol. The number of thiazole rings is 1.